The Bertz CT molecular complexity index is 1030. The fourth-order valence-electron chi connectivity index (χ4n) is 3.57. The van der Waals surface area contributed by atoms with Crippen LogP contribution in [0.4, 0.5) is 4.39 Å². The summed E-state index contributed by atoms with van der Waals surface area (Å²) in [6, 6.07) is 11.2. The predicted molar refractivity (Wildman–Crippen MR) is 92.3 cm³/mol. The van der Waals surface area contributed by atoms with Gasteiger partial charge in [-0.2, -0.15) is 0 Å². The van der Waals surface area contributed by atoms with Crippen molar-refractivity contribution in [2.24, 2.45) is 0 Å². The molecule has 1 heterocycles. The van der Waals surface area contributed by atoms with E-state index in [-0.39, 0.29) is 10.7 Å². The number of rotatable bonds is 2. The number of aryl methyl sites for hydroxylation is 2. The van der Waals surface area contributed by atoms with Crippen LogP contribution in [0.2, 0.25) is 0 Å². The minimum absolute atomic E-state index is 0.266. The van der Waals surface area contributed by atoms with Gasteiger partial charge in [0, 0.05) is 11.1 Å². The topological polar surface area (TPSA) is 39.1 Å². The van der Waals surface area contributed by atoms with Gasteiger partial charge in [0.05, 0.1) is 10.4 Å². The quantitative estimate of drug-likeness (QED) is 0.699. The molecule has 1 aliphatic rings. The van der Waals surface area contributed by atoms with Crippen molar-refractivity contribution in [2.45, 2.75) is 37.5 Å². The van der Waals surface area contributed by atoms with Gasteiger partial charge in [0.2, 0.25) is 0 Å². The molecule has 3 aromatic rings. The normalized spacial score (nSPS) is 14.8. The Labute approximate surface area is 140 Å². The number of nitrogens with zero attached hydrogens (tertiary/aromatic N) is 1. The second-order valence-electron chi connectivity index (χ2n) is 6.38. The van der Waals surface area contributed by atoms with Gasteiger partial charge in [0.15, 0.2) is 0 Å². The van der Waals surface area contributed by atoms with E-state index >= 15 is 0 Å². The molecule has 0 spiro atoms. The molecule has 2 aromatic carbocycles. The molecule has 0 fully saturated rings. The minimum atomic E-state index is -3.70. The highest BCUT2D eigenvalue weighted by Gasteiger charge is 2.28. The van der Waals surface area contributed by atoms with Crippen molar-refractivity contribution in [3.8, 4) is 0 Å². The van der Waals surface area contributed by atoms with Crippen LogP contribution in [-0.2, 0) is 22.9 Å². The molecule has 0 N–H and O–H groups in total. The molecule has 0 radical (unpaired) electrons. The number of fused-ring (bicyclic) bond motifs is 3. The first-order chi connectivity index (χ1) is 11.5. The van der Waals surface area contributed by atoms with E-state index in [4.69, 9.17) is 0 Å². The lowest BCUT2D eigenvalue weighted by atomic mass is 9.96. The molecule has 1 aliphatic carbocycles. The van der Waals surface area contributed by atoms with Gasteiger partial charge in [0.25, 0.3) is 10.0 Å². The zero-order valence-corrected chi connectivity index (χ0v) is 14.2. The maximum atomic E-state index is 13.7. The Morgan fingerprint density at radius 2 is 1.71 bits per heavy atom. The maximum Gasteiger partial charge on any atom is 0.268 e. The molecule has 3 nitrogen and oxygen atoms in total. The number of hydrogen-bond donors (Lipinski definition) is 0. The van der Waals surface area contributed by atoms with E-state index in [1.807, 2.05) is 6.92 Å². The van der Waals surface area contributed by atoms with E-state index in [0.29, 0.717) is 11.9 Å². The van der Waals surface area contributed by atoms with Crippen LogP contribution in [0, 0.1) is 12.7 Å². The third kappa shape index (κ3) is 2.26. The molecule has 0 saturated heterocycles. The van der Waals surface area contributed by atoms with E-state index in [2.05, 4.69) is 0 Å². The van der Waals surface area contributed by atoms with Crippen molar-refractivity contribution in [2.75, 3.05) is 0 Å². The van der Waals surface area contributed by atoms with Gasteiger partial charge in [-0.25, -0.2) is 16.8 Å². The van der Waals surface area contributed by atoms with Crippen LogP contribution >= 0.6 is 0 Å². The Kier molecular flexibility index (Phi) is 3.49. The number of aromatic nitrogens is 1. The first kappa shape index (κ1) is 15.4. The monoisotopic (exact) mass is 343 g/mol. The summed E-state index contributed by atoms with van der Waals surface area (Å²) in [6.45, 7) is 1.92. The van der Waals surface area contributed by atoms with Gasteiger partial charge in [-0.1, -0.05) is 17.7 Å². The zero-order chi connectivity index (χ0) is 16.9. The van der Waals surface area contributed by atoms with E-state index < -0.39 is 10.0 Å². The van der Waals surface area contributed by atoms with E-state index in [0.717, 1.165) is 41.5 Å². The number of hydrogen-bond acceptors (Lipinski definition) is 2. The van der Waals surface area contributed by atoms with Gasteiger partial charge in [-0.15, -0.1) is 0 Å². The first-order valence-corrected chi connectivity index (χ1v) is 9.56. The first-order valence-electron chi connectivity index (χ1n) is 8.12. The van der Waals surface area contributed by atoms with Crippen LogP contribution in [0.1, 0.15) is 29.7 Å². The van der Waals surface area contributed by atoms with Crippen LogP contribution in [0.15, 0.2) is 47.4 Å². The molecule has 0 amide bonds. The van der Waals surface area contributed by atoms with E-state index in [9.17, 15) is 12.8 Å². The van der Waals surface area contributed by atoms with Crippen LogP contribution < -0.4 is 0 Å². The largest absolute Gasteiger partial charge is 0.268 e. The fraction of sp³-hybridized carbons (Fsp3) is 0.263. The summed E-state index contributed by atoms with van der Waals surface area (Å²) < 4.78 is 41.6. The van der Waals surface area contributed by atoms with Crippen LogP contribution in [0.25, 0.3) is 10.9 Å². The molecule has 124 valence electrons. The molecule has 4 rings (SSSR count). The van der Waals surface area contributed by atoms with E-state index in [1.54, 1.807) is 30.3 Å². The van der Waals surface area contributed by atoms with E-state index in [1.165, 1.54) is 16.1 Å². The third-order valence-electron chi connectivity index (χ3n) is 4.75. The van der Waals surface area contributed by atoms with Crippen LogP contribution in [-0.4, -0.2) is 12.4 Å². The SMILES string of the molecule is Cc1ccc(S(=O)(=O)n2c3c(c4cc(F)ccc42)CCCC3)cc1. The minimum Gasteiger partial charge on any atom is -0.238 e. The molecule has 0 saturated carbocycles. The van der Waals surface area contributed by atoms with Gasteiger partial charge >= 0.3 is 0 Å². The molecule has 0 atom stereocenters. The Balaban J connectivity index is 2.04. The zero-order valence-electron chi connectivity index (χ0n) is 13.4. The number of benzene rings is 2. The van der Waals surface area contributed by atoms with Crippen molar-refractivity contribution >= 4 is 20.9 Å². The molecule has 1 aromatic heterocycles. The summed E-state index contributed by atoms with van der Waals surface area (Å²) in [6.07, 6.45) is 3.46. The Hall–Kier alpha value is -2.14. The highest BCUT2D eigenvalue weighted by atomic mass is 32.2. The highest BCUT2D eigenvalue weighted by Crippen LogP contribution is 2.35. The average molecular weight is 343 g/mol. The molecular weight excluding hydrogens is 325 g/mol. The lowest BCUT2D eigenvalue weighted by Crippen LogP contribution is -2.17. The van der Waals surface area contributed by atoms with Crippen molar-refractivity contribution in [3.05, 3.63) is 65.1 Å². The van der Waals surface area contributed by atoms with Gasteiger partial charge in [-0.3, -0.25) is 0 Å². The second kappa shape index (κ2) is 5.45. The Morgan fingerprint density at radius 1 is 1.00 bits per heavy atom. The van der Waals surface area contributed by atoms with Crippen LogP contribution in [0.3, 0.4) is 0 Å². The van der Waals surface area contributed by atoms with Crippen LogP contribution in [0.5, 0.6) is 0 Å². The third-order valence-corrected chi connectivity index (χ3v) is 6.51. The molecular formula is C19H18FNO2S. The lowest BCUT2D eigenvalue weighted by molar-refractivity contribution is 0.582. The summed E-state index contributed by atoms with van der Waals surface area (Å²) in [5.41, 5.74) is 3.37. The predicted octanol–water partition coefficient (Wildman–Crippen LogP) is 4.20. The smallest absolute Gasteiger partial charge is 0.238 e. The molecule has 5 heteroatoms. The Morgan fingerprint density at radius 3 is 2.46 bits per heavy atom. The molecule has 0 aliphatic heterocycles. The summed E-state index contributed by atoms with van der Waals surface area (Å²) in [4.78, 5) is 0.266. The van der Waals surface area contributed by atoms with Crippen molar-refractivity contribution in [3.63, 3.8) is 0 Å². The standard InChI is InChI=1S/C19H18FNO2S/c1-13-6-9-15(10-7-13)24(22,23)21-18-5-3-2-4-16(18)17-12-14(20)8-11-19(17)21/h6-12H,2-5H2,1H3. The fourth-order valence-corrected chi connectivity index (χ4v) is 5.17. The average Bonchev–Trinajstić information content (AvgIpc) is 2.90. The molecule has 0 bridgehead atoms. The van der Waals surface area contributed by atoms with Gasteiger partial charge < -0.3 is 0 Å². The molecule has 24 heavy (non-hydrogen) atoms. The van der Waals surface area contributed by atoms with Crippen molar-refractivity contribution in [1.82, 2.24) is 3.97 Å². The van der Waals surface area contributed by atoms with Crippen molar-refractivity contribution < 1.29 is 12.8 Å². The van der Waals surface area contributed by atoms with Crippen molar-refractivity contribution in [1.29, 1.82) is 0 Å². The second-order valence-corrected chi connectivity index (χ2v) is 8.16. The lowest BCUT2D eigenvalue weighted by Gasteiger charge is -2.16. The summed E-state index contributed by atoms with van der Waals surface area (Å²) >= 11 is 0. The van der Waals surface area contributed by atoms with Gasteiger partial charge in [0.1, 0.15) is 5.82 Å². The highest BCUT2D eigenvalue weighted by molar-refractivity contribution is 7.90. The summed E-state index contributed by atoms with van der Waals surface area (Å²) in [5, 5.41) is 0.723. The summed E-state index contributed by atoms with van der Waals surface area (Å²) in [7, 11) is -3.70. The summed E-state index contributed by atoms with van der Waals surface area (Å²) in [5.74, 6) is -0.333. The molecule has 0 unspecified atom stereocenters. The maximum absolute atomic E-state index is 13.7. The number of halogens is 1. The van der Waals surface area contributed by atoms with Gasteiger partial charge in [-0.05, 0) is 68.5 Å².